The fraction of sp³-hybridized carbons (Fsp3) is 0.262. The number of carbonyl (C=O) groups is 3. The van der Waals surface area contributed by atoms with Crippen molar-refractivity contribution >= 4 is 75.2 Å². The van der Waals surface area contributed by atoms with Gasteiger partial charge in [0.15, 0.2) is 5.82 Å². The van der Waals surface area contributed by atoms with Crippen molar-refractivity contribution in [1.29, 1.82) is 0 Å². The summed E-state index contributed by atoms with van der Waals surface area (Å²) in [4.78, 5) is 57.0. The Hall–Kier alpha value is -5.56. The molecule has 57 heavy (non-hydrogen) atoms. The Kier molecular flexibility index (Phi) is 10.8. The van der Waals surface area contributed by atoms with Gasteiger partial charge in [0.2, 0.25) is 0 Å². The van der Waals surface area contributed by atoms with Crippen LogP contribution in [0.2, 0.25) is 15.1 Å². The molecule has 0 saturated carbocycles. The number of aromatic nitrogens is 4. The van der Waals surface area contributed by atoms with Gasteiger partial charge in [-0.15, -0.1) is 0 Å². The van der Waals surface area contributed by atoms with Crippen molar-refractivity contribution in [2.45, 2.75) is 38.3 Å². The number of ether oxygens (including phenoxy) is 2. The molecule has 0 spiro atoms. The summed E-state index contributed by atoms with van der Waals surface area (Å²) in [6.07, 6.45) is 5.05. The highest BCUT2D eigenvalue weighted by molar-refractivity contribution is 6.35. The second-order valence-corrected chi connectivity index (χ2v) is 15.3. The van der Waals surface area contributed by atoms with Crippen LogP contribution in [0.4, 0.5) is 16.3 Å². The van der Waals surface area contributed by atoms with Crippen molar-refractivity contribution in [1.82, 2.24) is 24.4 Å². The van der Waals surface area contributed by atoms with Crippen molar-refractivity contribution in [2.24, 2.45) is 0 Å². The van der Waals surface area contributed by atoms with Crippen LogP contribution in [-0.2, 0) is 9.47 Å². The van der Waals surface area contributed by atoms with Crippen LogP contribution < -0.4 is 10.2 Å². The molecule has 0 aliphatic carbocycles. The van der Waals surface area contributed by atoms with Gasteiger partial charge < -0.3 is 34.1 Å². The number of methoxy groups -OCH3 is 1. The van der Waals surface area contributed by atoms with Crippen LogP contribution in [0.1, 0.15) is 58.6 Å². The van der Waals surface area contributed by atoms with E-state index in [2.05, 4.69) is 20.2 Å². The largest absolute Gasteiger partial charge is 0.465 e. The summed E-state index contributed by atoms with van der Waals surface area (Å²) in [5.41, 5.74) is 4.90. The van der Waals surface area contributed by atoms with Crippen LogP contribution in [0.15, 0.2) is 85.3 Å². The third-order valence-corrected chi connectivity index (χ3v) is 11.4. The molecule has 2 fully saturated rings. The van der Waals surface area contributed by atoms with E-state index in [0.29, 0.717) is 88.1 Å². The van der Waals surface area contributed by atoms with Crippen molar-refractivity contribution in [3.63, 3.8) is 0 Å². The first-order chi connectivity index (χ1) is 27.6. The first-order valence-electron chi connectivity index (χ1n) is 18.6. The first-order valence-corrected chi connectivity index (χ1v) is 19.7. The number of rotatable bonds is 9. The molecule has 292 valence electrons. The summed E-state index contributed by atoms with van der Waals surface area (Å²) in [5.74, 6) is -0.603. The molecule has 12 nitrogen and oxygen atoms in total. The molecule has 8 rings (SSSR count). The van der Waals surface area contributed by atoms with E-state index in [1.807, 2.05) is 54.0 Å². The van der Waals surface area contributed by atoms with Crippen molar-refractivity contribution in [3.05, 3.63) is 117 Å². The average Bonchev–Trinajstić information content (AvgIpc) is 3.82. The molecular weight excluding hydrogens is 789 g/mol. The molecule has 2 aliphatic heterocycles. The smallest absolute Gasteiger partial charge is 0.410 e. The van der Waals surface area contributed by atoms with E-state index in [1.165, 1.54) is 13.3 Å². The standard InChI is InChI=1S/C42H38Cl3N7O5/c1-24(30-11-9-27(43)20-32(30)45)52-23-47-36(25-7-4-3-5-8-25)38(52)35-31-12-10-28(44)21-33(31)48-37(35)40(53)49-34-19-26(41(54)56-2)22-46-39(34)50-16-13-29(14-17-50)51-15-6-18-57-42(51)55/h3-5,7-12,19-24,29,48H,6,13-18H2,1-2H3,(H,49,53)/t24-/m0/s1. The van der Waals surface area contributed by atoms with Gasteiger partial charge in [0.25, 0.3) is 5.91 Å². The summed E-state index contributed by atoms with van der Waals surface area (Å²) in [6.45, 7) is 4.22. The van der Waals surface area contributed by atoms with Gasteiger partial charge in [-0.3, -0.25) is 4.79 Å². The number of hydrogen-bond donors (Lipinski definition) is 2. The van der Waals surface area contributed by atoms with E-state index in [1.54, 1.807) is 41.6 Å². The Labute approximate surface area is 343 Å². The normalized spacial score (nSPS) is 15.4. The predicted molar refractivity (Wildman–Crippen MR) is 222 cm³/mol. The number of benzene rings is 3. The fourth-order valence-corrected chi connectivity index (χ4v) is 8.53. The number of carbonyl (C=O) groups excluding carboxylic acids is 3. The Morgan fingerprint density at radius 2 is 1.72 bits per heavy atom. The number of hydrogen-bond acceptors (Lipinski definition) is 8. The molecule has 2 N–H and O–H groups in total. The number of esters is 1. The zero-order valence-electron chi connectivity index (χ0n) is 31.1. The highest BCUT2D eigenvalue weighted by Gasteiger charge is 2.33. The topological polar surface area (TPSA) is 135 Å². The van der Waals surface area contributed by atoms with Crippen molar-refractivity contribution in [3.8, 4) is 22.5 Å². The van der Waals surface area contributed by atoms with Crippen LogP contribution in [0.5, 0.6) is 0 Å². The molecule has 0 radical (unpaired) electrons. The van der Waals surface area contributed by atoms with Crippen LogP contribution >= 0.6 is 34.8 Å². The molecule has 0 bridgehead atoms. The maximum atomic E-state index is 14.9. The molecule has 2 amide bonds. The number of cyclic esters (lactones) is 1. The summed E-state index contributed by atoms with van der Waals surface area (Å²) in [6, 6.07) is 21.8. The molecule has 2 aliphatic rings. The van der Waals surface area contributed by atoms with E-state index >= 15 is 0 Å². The number of aromatic amines is 1. The van der Waals surface area contributed by atoms with E-state index in [4.69, 9.17) is 49.3 Å². The molecule has 2 saturated heterocycles. The SMILES string of the molecule is COC(=O)c1cnc(N2CCC(N3CCCOC3=O)CC2)c(NC(=O)c2[nH]c3cc(Cl)ccc3c2-c2c(-c3ccccc3)ncn2[C@@H](C)c2ccc(Cl)cc2Cl)c1. The van der Waals surface area contributed by atoms with E-state index in [0.717, 1.165) is 22.9 Å². The van der Waals surface area contributed by atoms with Crippen LogP contribution in [0.25, 0.3) is 33.4 Å². The van der Waals surface area contributed by atoms with Crippen molar-refractivity contribution < 1.29 is 23.9 Å². The van der Waals surface area contributed by atoms with Gasteiger partial charge in [-0.05, 0) is 62.1 Å². The molecule has 3 aromatic heterocycles. The second kappa shape index (κ2) is 16.1. The number of amides is 2. The van der Waals surface area contributed by atoms with Gasteiger partial charge in [-0.2, -0.15) is 0 Å². The minimum absolute atomic E-state index is 0.0240. The Bertz CT molecular complexity index is 2500. The highest BCUT2D eigenvalue weighted by Crippen LogP contribution is 2.43. The molecule has 5 heterocycles. The summed E-state index contributed by atoms with van der Waals surface area (Å²) < 4.78 is 12.3. The van der Waals surface area contributed by atoms with Crippen LogP contribution in [0, 0.1) is 0 Å². The minimum atomic E-state index is -0.598. The fourth-order valence-electron chi connectivity index (χ4n) is 7.79. The summed E-state index contributed by atoms with van der Waals surface area (Å²) >= 11 is 19.6. The number of H-pyrrole nitrogens is 1. The lowest BCUT2D eigenvalue weighted by atomic mass is 9.99. The van der Waals surface area contributed by atoms with Gasteiger partial charge in [-0.25, -0.2) is 19.6 Å². The van der Waals surface area contributed by atoms with E-state index in [-0.39, 0.29) is 29.4 Å². The molecule has 3 aromatic carbocycles. The Morgan fingerprint density at radius 3 is 2.46 bits per heavy atom. The van der Waals surface area contributed by atoms with Crippen molar-refractivity contribution in [2.75, 3.05) is 43.6 Å². The summed E-state index contributed by atoms with van der Waals surface area (Å²) in [7, 11) is 1.29. The number of halogens is 3. The Balaban J connectivity index is 1.23. The van der Waals surface area contributed by atoms with E-state index in [9.17, 15) is 14.4 Å². The number of nitrogens with one attached hydrogen (secondary N) is 2. The van der Waals surface area contributed by atoms with Gasteiger partial charge in [0.05, 0.1) is 48.7 Å². The number of piperidine rings is 1. The third-order valence-electron chi connectivity index (χ3n) is 10.6. The number of fused-ring (bicyclic) bond motifs is 1. The van der Waals surface area contributed by atoms with Gasteiger partial charge >= 0.3 is 12.1 Å². The van der Waals surface area contributed by atoms with Gasteiger partial charge in [0, 0.05) is 69.0 Å². The number of nitrogens with zero attached hydrogens (tertiary/aromatic N) is 5. The number of imidazole rings is 1. The minimum Gasteiger partial charge on any atom is -0.465 e. The molecule has 0 unspecified atom stereocenters. The molecule has 6 aromatic rings. The molecular formula is C42H38Cl3N7O5. The zero-order valence-corrected chi connectivity index (χ0v) is 33.4. The maximum Gasteiger partial charge on any atom is 0.410 e. The zero-order chi connectivity index (χ0) is 39.8. The van der Waals surface area contributed by atoms with Gasteiger partial charge in [-0.1, -0.05) is 77.3 Å². The van der Waals surface area contributed by atoms with Gasteiger partial charge in [0.1, 0.15) is 5.69 Å². The monoisotopic (exact) mass is 825 g/mol. The third kappa shape index (κ3) is 7.52. The maximum absolute atomic E-state index is 14.9. The Morgan fingerprint density at radius 1 is 0.965 bits per heavy atom. The lowest BCUT2D eigenvalue weighted by Crippen LogP contribution is -2.50. The molecule has 15 heteroatoms. The highest BCUT2D eigenvalue weighted by atomic mass is 35.5. The summed E-state index contributed by atoms with van der Waals surface area (Å²) in [5, 5.41) is 5.32. The lowest BCUT2D eigenvalue weighted by Gasteiger charge is -2.40. The lowest BCUT2D eigenvalue weighted by molar-refractivity contribution is 0.0498. The molecule has 1 atom stereocenters. The average molecular weight is 827 g/mol. The van der Waals surface area contributed by atoms with Crippen LogP contribution in [-0.4, -0.2) is 81.8 Å². The second-order valence-electron chi connectivity index (χ2n) is 14.0. The number of pyridine rings is 1. The quantitative estimate of drug-likeness (QED) is 0.138. The first kappa shape index (κ1) is 38.3. The predicted octanol–water partition coefficient (Wildman–Crippen LogP) is 9.51. The number of anilines is 2. The van der Waals surface area contributed by atoms with Crippen LogP contribution in [0.3, 0.4) is 0 Å². The van der Waals surface area contributed by atoms with E-state index < -0.39 is 11.9 Å².